The van der Waals surface area contributed by atoms with Crippen molar-refractivity contribution in [3.8, 4) is 0 Å². The smallest absolute Gasteiger partial charge is 0.307 e. The van der Waals surface area contributed by atoms with E-state index in [1.54, 1.807) is 12.1 Å². The van der Waals surface area contributed by atoms with Gasteiger partial charge in [-0.05, 0) is 30.2 Å². The molecule has 0 amide bonds. The topological polar surface area (TPSA) is 125 Å². The SMILES string of the molecule is NS(=O)(=O)c1ccc(CCNc2[nH]c3ccccc3c2CC(=O)O)cc1. The number of carboxylic acids is 1. The largest absolute Gasteiger partial charge is 0.481 e. The molecule has 5 N–H and O–H groups in total. The number of carbonyl (C=O) groups is 1. The molecule has 0 bridgehead atoms. The van der Waals surface area contributed by atoms with Crippen LogP contribution in [0.25, 0.3) is 10.9 Å². The van der Waals surface area contributed by atoms with Gasteiger partial charge in [-0.15, -0.1) is 0 Å². The molecule has 3 rings (SSSR count). The molecule has 0 aliphatic carbocycles. The molecular formula is C18H19N3O4S. The molecular weight excluding hydrogens is 354 g/mol. The van der Waals surface area contributed by atoms with E-state index in [9.17, 15) is 13.2 Å². The van der Waals surface area contributed by atoms with E-state index >= 15 is 0 Å². The second-order valence-corrected chi connectivity index (χ2v) is 7.52. The number of para-hydroxylation sites is 1. The first-order chi connectivity index (χ1) is 12.3. The first kappa shape index (κ1) is 18.0. The van der Waals surface area contributed by atoms with E-state index < -0.39 is 16.0 Å². The predicted molar refractivity (Wildman–Crippen MR) is 99.6 cm³/mol. The van der Waals surface area contributed by atoms with Crippen LogP contribution in [0, 0.1) is 0 Å². The van der Waals surface area contributed by atoms with Crippen molar-refractivity contribution >= 4 is 32.7 Å². The lowest BCUT2D eigenvalue weighted by molar-refractivity contribution is -0.136. The summed E-state index contributed by atoms with van der Waals surface area (Å²) in [5.41, 5.74) is 2.54. The summed E-state index contributed by atoms with van der Waals surface area (Å²) < 4.78 is 22.5. The number of nitrogens with two attached hydrogens (primary N) is 1. The van der Waals surface area contributed by atoms with Gasteiger partial charge in [0, 0.05) is 23.0 Å². The number of aromatic amines is 1. The number of carboxylic acid groups (broad SMARTS) is 1. The van der Waals surface area contributed by atoms with Crippen LogP contribution < -0.4 is 10.5 Å². The minimum absolute atomic E-state index is 0.0740. The molecule has 0 aliphatic rings. The Labute approximate surface area is 150 Å². The molecule has 0 aliphatic heterocycles. The molecule has 3 aromatic rings. The minimum atomic E-state index is -3.69. The Bertz CT molecular complexity index is 1040. The third kappa shape index (κ3) is 4.04. The highest BCUT2D eigenvalue weighted by Gasteiger charge is 2.14. The van der Waals surface area contributed by atoms with Gasteiger partial charge in [0.15, 0.2) is 0 Å². The number of anilines is 1. The van der Waals surface area contributed by atoms with Gasteiger partial charge >= 0.3 is 5.97 Å². The Morgan fingerprint density at radius 3 is 2.46 bits per heavy atom. The molecule has 2 aromatic carbocycles. The molecule has 1 aromatic heterocycles. The third-order valence-corrected chi connectivity index (χ3v) is 5.04. The fourth-order valence-corrected chi connectivity index (χ4v) is 3.38. The molecule has 0 saturated heterocycles. The average molecular weight is 373 g/mol. The Balaban J connectivity index is 1.72. The Kier molecular flexibility index (Phi) is 4.97. The minimum Gasteiger partial charge on any atom is -0.481 e. The van der Waals surface area contributed by atoms with E-state index in [1.807, 2.05) is 24.3 Å². The number of H-pyrrole nitrogens is 1. The van der Waals surface area contributed by atoms with E-state index in [-0.39, 0.29) is 11.3 Å². The number of benzene rings is 2. The zero-order valence-corrected chi connectivity index (χ0v) is 14.7. The molecule has 1 heterocycles. The van der Waals surface area contributed by atoms with Crippen molar-refractivity contribution in [3.05, 3.63) is 59.7 Å². The Morgan fingerprint density at radius 1 is 1.12 bits per heavy atom. The van der Waals surface area contributed by atoms with Gasteiger partial charge in [0.25, 0.3) is 0 Å². The number of nitrogens with one attached hydrogen (secondary N) is 2. The molecule has 0 fully saturated rings. The van der Waals surface area contributed by atoms with Crippen molar-refractivity contribution in [1.82, 2.24) is 4.98 Å². The summed E-state index contributed by atoms with van der Waals surface area (Å²) in [4.78, 5) is 14.5. The first-order valence-electron chi connectivity index (χ1n) is 8.01. The zero-order chi connectivity index (χ0) is 18.7. The van der Waals surface area contributed by atoms with E-state index in [0.717, 1.165) is 22.0 Å². The number of hydrogen-bond donors (Lipinski definition) is 4. The predicted octanol–water partition coefficient (Wildman–Crippen LogP) is 2.10. The van der Waals surface area contributed by atoms with E-state index in [4.69, 9.17) is 10.2 Å². The number of fused-ring (bicyclic) bond motifs is 1. The summed E-state index contributed by atoms with van der Waals surface area (Å²) in [6.45, 7) is 0.564. The van der Waals surface area contributed by atoms with Crippen LogP contribution in [0.15, 0.2) is 53.4 Å². The van der Waals surface area contributed by atoms with Gasteiger partial charge < -0.3 is 15.4 Å². The summed E-state index contributed by atoms with van der Waals surface area (Å²) in [6, 6.07) is 13.9. The molecule has 0 unspecified atom stereocenters. The van der Waals surface area contributed by atoms with Crippen molar-refractivity contribution < 1.29 is 18.3 Å². The van der Waals surface area contributed by atoms with Gasteiger partial charge in [-0.3, -0.25) is 4.79 Å². The normalized spacial score (nSPS) is 11.6. The molecule has 0 atom stereocenters. The number of primary sulfonamides is 1. The quantitative estimate of drug-likeness (QED) is 0.505. The van der Waals surface area contributed by atoms with Crippen molar-refractivity contribution in [2.75, 3.05) is 11.9 Å². The summed E-state index contributed by atoms with van der Waals surface area (Å²) in [7, 11) is -3.69. The molecule has 8 heteroatoms. The Hall–Kier alpha value is -2.84. The van der Waals surface area contributed by atoms with Crippen LogP contribution in [0.4, 0.5) is 5.82 Å². The van der Waals surface area contributed by atoms with Crippen molar-refractivity contribution in [3.63, 3.8) is 0 Å². The second kappa shape index (κ2) is 7.19. The van der Waals surface area contributed by atoms with Gasteiger partial charge in [-0.25, -0.2) is 13.6 Å². The van der Waals surface area contributed by atoms with Crippen LogP contribution in [0.2, 0.25) is 0 Å². The summed E-state index contributed by atoms with van der Waals surface area (Å²) in [5, 5.41) is 18.4. The van der Waals surface area contributed by atoms with Gasteiger partial charge in [-0.2, -0.15) is 0 Å². The van der Waals surface area contributed by atoms with Crippen molar-refractivity contribution in [1.29, 1.82) is 0 Å². The highest BCUT2D eigenvalue weighted by atomic mass is 32.2. The molecule has 136 valence electrons. The van der Waals surface area contributed by atoms with Gasteiger partial charge in [-0.1, -0.05) is 30.3 Å². The van der Waals surface area contributed by atoms with Crippen molar-refractivity contribution in [2.45, 2.75) is 17.7 Å². The molecule has 0 saturated carbocycles. The molecule has 26 heavy (non-hydrogen) atoms. The summed E-state index contributed by atoms with van der Waals surface area (Å²) in [5.74, 6) is -0.203. The average Bonchev–Trinajstić information content (AvgIpc) is 2.92. The van der Waals surface area contributed by atoms with Crippen LogP contribution in [0.5, 0.6) is 0 Å². The molecule has 0 spiro atoms. The maximum absolute atomic E-state index is 11.3. The lowest BCUT2D eigenvalue weighted by atomic mass is 10.1. The molecule has 7 nitrogen and oxygen atoms in total. The van der Waals surface area contributed by atoms with E-state index in [0.29, 0.717) is 18.8 Å². The standard InChI is InChI=1S/C18H19N3O4S/c19-26(24,25)13-7-5-12(6-8-13)9-10-20-18-15(11-17(22)23)14-3-1-2-4-16(14)21-18/h1-8,20-21H,9-11H2,(H,22,23)(H2,19,24,25). The lowest BCUT2D eigenvalue weighted by Gasteiger charge is -2.08. The van der Waals surface area contributed by atoms with Crippen LogP contribution >= 0.6 is 0 Å². The summed E-state index contributed by atoms with van der Waals surface area (Å²) >= 11 is 0. The fraction of sp³-hybridized carbons (Fsp3) is 0.167. The van der Waals surface area contributed by atoms with Gasteiger partial charge in [0.05, 0.1) is 11.3 Å². The Morgan fingerprint density at radius 2 is 1.81 bits per heavy atom. The van der Waals surface area contributed by atoms with E-state index in [2.05, 4.69) is 10.3 Å². The highest BCUT2D eigenvalue weighted by Crippen LogP contribution is 2.26. The number of hydrogen-bond acceptors (Lipinski definition) is 4. The van der Waals surface area contributed by atoms with Crippen molar-refractivity contribution in [2.24, 2.45) is 5.14 Å². The molecule has 0 radical (unpaired) electrons. The number of aromatic nitrogens is 1. The first-order valence-corrected chi connectivity index (χ1v) is 9.56. The van der Waals surface area contributed by atoms with Crippen LogP contribution in [0.1, 0.15) is 11.1 Å². The third-order valence-electron chi connectivity index (χ3n) is 4.11. The second-order valence-electron chi connectivity index (χ2n) is 5.96. The maximum atomic E-state index is 11.3. The van der Waals surface area contributed by atoms with Gasteiger partial charge in [0.1, 0.15) is 5.82 Å². The maximum Gasteiger partial charge on any atom is 0.307 e. The summed E-state index contributed by atoms with van der Waals surface area (Å²) in [6.07, 6.45) is 0.572. The zero-order valence-electron chi connectivity index (χ0n) is 13.9. The van der Waals surface area contributed by atoms with Gasteiger partial charge in [0.2, 0.25) is 10.0 Å². The lowest BCUT2D eigenvalue weighted by Crippen LogP contribution is -2.12. The highest BCUT2D eigenvalue weighted by molar-refractivity contribution is 7.89. The fourth-order valence-electron chi connectivity index (χ4n) is 2.86. The van der Waals surface area contributed by atoms with Crippen LogP contribution in [-0.2, 0) is 27.7 Å². The number of aliphatic carboxylic acids is 1. The number of rotatable bonds is 7. The van der Waals surface area contributed by atoms with Crippen LogP contribution in [0.3, 0.4) is 0 Å². The monoisotopic (exact) mass is 373 g/mol. The number of sulfonamides is 1. The van der Waals surface area contributed by atoms with E-state index in [1.165, 1.54) is 12.1 Å². The van der Waals surface area contributed by atoms with Crippen LogP contribution in [-0.4, -0.2) is 31.0 Å².